The van der Waals surface area contributed by atoms with Crippen LogP contribution in [-0.2, 0) is 12.8 Å². The molecule has 0 heterocycles. The second-order valence-corrected chi connectivity index (χ2v) is 6.99. The second-order valence-electron chi connectivity index (χ2n) is 6.99. The molecule has 26 heavy (non-hydrogen) atoms. The Balaban J connectivity index is 1.71. The maximum absolute atomic E-state index is 2.33. The molecule has 0 radical (unpaired) electrons. The average molecular weight is 332 g/mol. The summed E-state index contributed by atoms with van der Waals surface area (Å²) in [4.78, 5) is 0. The zero-order chi connectivity index (χ0) is 17.3. The largest absolute Gasteiger partial charge is 0.0622 e. The van der Waals surface area contributed by atoms with E-state index >= 15 is 0 Å². The number of benzene rings is 4. The maximum atomic E-state index is 2.33. The third kappa shape index (κ3) is 2.55. The van der Waals surface area contributed by atoms with Crippen LogP contribution in [0.4, 0.5) is 0 Å². The molecule has 0 atom stereocenters. The molecule has 0 saturated carbocycles. The van der Waals surface area contributed by atoms with Crippen LogP contribution in [0.3, 0.4) is 0 Å². The predicted octanol–water partition coefficient (Wildman–Crippen LogP) is 6.52. The van der Waals surface area contributed by atoms with Gasteiger partial charge in [-0.25, -0.2) is 0 Å². The fourth-order valence-electron chi connectivity index (χ4n) is 4.19. The zero-order valence-electron chi connectivity index (χ0n) is 14.7. The van der Waals surface area contributed by atoms with Gasteiger partial charge in [-0.2, -0.15) is 0 Å². The molecular formula is C26H20. The number of hydrogen-bond donors (Lipinski definition) is 0. The van der Waals surface area contributed by atoms with Crippen molar-refractivity contribution in [3.63, 3.8) is 0 Å². The third-order valence-corrected chi connectivity index (χ3v) is 5.37. The van der Waals surface area contributed by atoms with Crippen LogP contribution < -0.4 is 0 Å². The van der Waals surface area contributed by atoms with Gasteiger partial charge in [-0.1, -0.05) is 97.1 Å². The lowest BCUT2D eigenvalue weighted by molar-refractivity contribution is 1.17. The Labute approximate surface area is 154 Å². The van der Waals surface area contributed by atoms with Crippen molar-refractivity contribution < 1.29 is 0 Å². The summed E-state index contributed by atoms with van der Waals surface area (Å²) in [5.74, 6) is 0. The molecule has 0 aliphatic heterocycles. The lowest BCUT2D eigenvalue weighted by Gasteiger charge is -2.16. The van der Waals surface area contributed by atoms with Crippen LogP contribution in [0.15, 0.2) is 97.1 Å². The average Bonchev–Trinajstić information content (AvgIpc) is 3.08. The summed E-state index contributed by atoms with van der Waals surface area (Å²) < 4.78 is 0. The highest BCUT2D eigenvalue weighted by Gasteiger charge is 2.23. The molecule has 0 saturated heterocycles. The monoisotopic (exact) mass is 332 g/mol. The lowest BCUT2D eigenvalue weighted by Crippen LogP contribution is -1.97. The van der Waals surface area contributed by atoms with Gasteiger partial charge >= 0.3 is 0 Å². The van der Waals surface area contributed by atoms with Crippen molar-refractivity contribution in [2.24, 2.45) is 0 Å². The lowest BCUT2D eigenvalue weighted by atomic mass is 9.88. The summed E-state index contributed by atoms with van der Waals surface area (Å²) in [7, 11) is 0. The Morgan fingerprint density at radius 1 is 0.577 bits per heavy atom. The molecule has 1 aliphatic carbocycles. The van der Waals surface area contributed by atoms with Crippen LogP contribution in [0.1, 0.15) is 22.3 Å². The van der Waals surface area contributed by atoms with Gasteiger partial charge in [0.2, 0.25) is 0 Å². The van der Waals surface area contributed by atoms with E-state index in [0.29, 0.717) is 0 Å². The molecule has 4 aromatic carbocycles. The minimum absolute atomic E-state index is 0.967. The van der Waals surface area contributed by atoms with E-state index in [0.717, 1.165) is 12.8 Å². The molecule has 0 amide bonds. The summed E-state index contributed by atoms with van der Waals surface area (Å²) in [6, 6.07) is 35.1. The third-order valence-electron chi connectivity index (χ3n) is 5.37. The SMILES string of the molecule is c1ccc(Cc2ccc3c(c2-c2ccccc2)Cc2ccccc2-3)cc1. The molecule has 0 nitrogen and oxygen atoms in total. The Morgan fingerprint density at radius 2 is 1.27 bits per heavy atom. The van der Waals surface area contributed by atoms with Crippen molar-refractivity contribution in [1.29, 1.82) is 0 Å². The first kappa shape index (κ1) is 15.2. The topological polar surface area (TPSA) is 0 Å². The summed E-state index contributed by atoms with van der Waals surface area (Å²) in [6.07, 6.45) is 1.99. The Hall–Kier alpha value is -3.12. The van der Waals surface area contributed by atoms with E-state index in [4.69, 9.17) is 0 Å². The standard InChI is InChI=1S/C26H20/c1-3-9-19(10-4-1)17-22-15-16-24-23-14-8-7-13-21(23)18-25(24)26(22)20-11-5-2-6-12-20/h1-16H,17-18H2. The Morgan fingerprint density at radius 3 is 2.08 bits per heavy atom. The number of fused-ring (bicyclic) bond motifs is 3. The second kappa shape index (κ2) is 6.31. The summed E-state index contributed by atoms with van der Waals surface area (Å²) >= 11 is 0. The fourth-order valence-corrected chi connectivity index (χ4v) is 4.19. The molecular weight excluding hydrogens is 312 g/mol. The van der Waals surface area contributed by atoms with Crippen molar-refractivity contribution in [3.8, 4) is 22.3 Å². The smallest absolute Gasteiger partial charge is 0.000718 e. The molecule has 0 fully saturated rings. The van der Waals surface area contributed by atoms with Crippen LogP contribution in [0.5, 0.6) is 0 Å². The molecule has 0 unspecified atom stereocenters. The molecule has 0 aromatic heterocycles. The van der Waals surface area contributed by atoms with Gasteiger partial charge in [-0.15, -0.1) is 0 Å². The van der Waals surface area contributed by atoms with Gasteiger partial charge in [0, 0.05) is 0 Å². The van der Waals surface area contributed by atoms with E-state index in [1.165, 1.54) is 44.5 Å². The van der Waals surface area contributed by atoms with Crippen LogP contribution in [0, 0.1) is 0 Å². The first-order chi connectivity index (χ1) is 12.9. The van der Waals surface area contributed by atoms with E-state index in [-0.39, 0.29) is 0 Å². The first-order valence-electron chi connectivity index (χ1n) is 9.22. The Bertz CT molecular complexity index is 1060. The van der Waals surface area contributed by atoms with Gasteiger partial charge in [0.15, 0.2) is 0 Å². The molecule has 4 aromatic rings. The quantitative estimate of drug-likeness (QED) is 0.353. The van der Waals surface area contributed by atoms with Crippen LogP contribution in [-0.4, -0.2) is 0 Å². The highest BCUT2D eigenvalue weighted by Crippen LogP contribution is 2.43. The maximum Gasteiger partial charge on any atom is -0.000718 e. The zero-order valence-corrected chi connectivity index (χ0v) is 14.7. The minimum Gasteiger partial charge on any atom is -0.0622 e. The minimum atomic E-state index is 0.967. The highest BCUT2D eigenvalue weighted by molar-refractivity contribution is 5.86. The van der Waals surface area contributed by atoms with E-state index in [2.05, 4.69) is 97.1 Å². The van der Waals surface area contributed by atoms with Crippen molar-refractivity contribution in [3.05, 3.63) is 119 Å². The van der Waals surface area contributed by atoms with Gasteiger partial charge in [-0.05, 0) is 57.3 Å². The molecule has 0 spiro atoms. The Kier molecular flexibility index (Phi) is 3.68. The summed E-state index contributed by atoms with van der Waals surface area (Å²) in [5.41, 5.74) is 11.2. The van der Waals surface area contributed by atoms with Crippen LogP contribution in [0.25, 0.3) is 22.3 Å². The molecule has 5 rings (SSSR count). The van der Waals surface area contributed by atoms with Crippen LogP contribution >= 0.6 is 0 Å². The van der Waals surface area contributed by atoms with Gasteiger partial charge in [0.25, 0.3) is 0 Å². The van der Waals surface area contributed by atoms with Gasteiger partial charge < -0.3 is 0 Å². The predicted molar refractivity (Wildman–Crippen MR) is 109 cm³/mol. The van der Waals surface area contributed by atoms with E-state index in [1.54, 1.807) is 0 Å². The van der Waals surface area contributed by atoms with Crippen molar-refractivity contribution >= 4 is 0 Å². The normalized spacial score (nSPS) is 11.8. The number of hydrogen-bond acceptors (Lipinski definition) is 0. The van der Waals surface area contributed by atoms with E-state index in [9.17, 15) is 0 Å². The fraction of sp³-hybridized carbons (Fsp3) is 0.0769. The van der Waals surface area contributed by atoms with Gasteiger partial charge in [-0.3, -0.25) is 0 Å². The molecule has 124 valence electrons. The molecule has 0 heteroatoms. The van der Waals surface area contributed by atoms with E-state index in [1.807, 2.05) is 0 Å². The molecule has 1 aliphatic rings. The van der Waals surface area contributed by atoms with Gasteiger partial charge in [0.1, 0.15) is 0 Å². The highest BCUT2D eigenvalue weighted by atomic mass is 14.3. The van der Waals surface area contributed by atoms with Crippen LogP contribution in [0.2, 0.25) is 0 Å². The molecule has 0 N–H and O–H groups in total. The van der Waals surface area contributed by atoms with Gasteiger partial charge in [0.05, 0.1) is 0 Å². The van der Waals surface area contributed by atoms with Crippen molar-refractivity contribution in [2.45, 2.75) is 12.8 Å². The van der Waals surface area contributed by atoms with Crippen molar-refractivity contribution in [2.75, 3.05) is 0 Å². The first-order valence-corrected chi connectivity index (χ1v) is 9.22. The summed E-state index contributed by atoms with van der Waals surface area (Å²) in [5, 5.41) is 0. The molecule has 0 bridgehead atoms. The summed E-state index contributed by atoms with van der Waals surface area (Å²) in [6.45, 7) is 0. The number of rotatable bonds is 3. The van der Waals surface area contributed by atoms with E-state index < -0.39 is 0 Å². The van der Waals surface area contributed by atoms with Crippen molar-refractivity contribution in [1.82, 2.24) is 0 Å².